The van der Waals surface area contributed by atoms with Crippen molar-refractivity contribution in [2.45, 2.75) is 64.3 Å². The maximum Gasteiger partial charge on any atom is 0.329 e. The van der Waals surface area contributed by atoms with Gasteiger partial charge in [0.2, 0.25) is 11.8 Å². The van der Waals surface area contributed by atoms with Gasteiger partial charge in [0.15, 0.2) is 0 Å². The summed E-state index contributed by atoms with van der Waals surface area (Å²) >= 11 is 0. The number of hydrogen-bond donors (Lipinski definition) is 3. The molecule has 9 heteroatoms. The molecule has 0 radical (unpaired) electrons. The van der Waals surface area contributed by atoms with Crippen LogP contribution in [-0.4, -0.2) is 73.7 Å². The Morgan fingerprint density at radius 3 is 2.00 bits per heavy atom. The van der Waals surface area contributed by atoms with Crippen LogP contribution in [-0.2, 0) is 43.3 Å². The van der Waals surface area contributed by atoms with Crippen molar-refractivity contribution in [3.8, 4) is 0 Å². The predicted octanol–water partition coefficient (Wildman–Crippen LogP) is 4.43. The van der Waals surface area contributed by atoms with Gasteiger partial charge in [0.1, 0.15) is 18.7 Å². The van der Waals surface area contributed by atoms with Crippen molar-refractivity contribution in [3.05, 3.63) is 120 Å². The molecule has 0 bridgehead atoms. The van der Waals surface area contributed by atoms with Crippen LogP contribution in [0.1, 0.15) is 43.4 Å². The van der Waals surface area contributed by atoms with Crippen molar-refractivity contribution in [1.82, 2.24) is 20.9 Å². The van der Waals surface area contributed by atoms with Crippen LogP contribution in [0, 0.1) is 5.92 Å². The average molecular weight is 655 g/mol. The second-order valence-electron chi connectivity index (χ2n) is 12.4. The molecule has 1 heterocycles. The Kier molecular flexibility index (Phi) is 14.7. The number of hydrogen-bond acceptors (Lipinski definition) is 7. The lowest BCUT2D eigenvalue weighted by atomic mass is 9.94. The van der Waals surface area contributed by atoms with Gasteiger partial charge in [-0.3, -0.25) is 14.5 Å². The average Bonchev–Trinajstić information content (AvgIpc) is 3.12. The molecular formula is C39H50N4O5. The summed E-state index contributed by atoms with van der Waals surface area (Å²) in [6.07, 6.45) is 2.19. The zero-order valence-electron chi connectivity index (χ0n) is 28.2. The molecule has 48 heavy (non-hydrogen) atoms. The van der Waals surface area contributed by atoms with E-state index in [2.05, 4.69) is 22.5 Å². The molecule has 1 saturated heterocycles. The van der Waals surface area contributed by atoms with Gasteiger partial charge in [0.05, 0.1) is 25.8 Å². The first-order valence-corrected chi connectivity index (χ1v) is 17.0. The lowest BCUT2D eigenvalue weighted by molar-refractivity contribution is -0.147. The number of rotatable bonds is 18. The van der Waals surface area contributed by atoms with Crippen molar-refractivity contribution >= 4 is 17.8 Å². The number of benzene rings is 3. The normalized spacial score (nSPS) is 15.7. The highest BCUT2D eigenvalue weighted by molar-refractivity contribution is 5.88. The minimum absolute atomic E-state index is 0.00881. The molecular weight excluding hydrogens is 604 g/mol. The number of esters is 1. The summed E-state index contributed by atoms with van der Waals surface area (Å²) in [5, 5.41) is 9.50. The first kappa shape index (κ1) is 36.4. The second-order valence-corrected chi connectivity index (χ2v) is 12.4. The quantitative estimate of drug-likeness (QED) is 0.174. The van der Waals surface area contributed by atoms with Crippen LogP contribution in [0.4, 0.5) is 0 Å². The van der Waals surface area contributed by atoms with E-state index in [1.54, 1.807) is 0 Å². The number of carbonyl (C=O) groups is 3. The molecule has 1 unspecified atom stereocenters. The Balaban J connectivity index is 1.47. The summed E-state index contributed by atoms with van der Waals surface area (Å²) in [5.41, 5.74) is 3.45. The molecule has 3 N–H and O–H groups in total. The molecule has 4 rings (SSSR count). The number of ether oxygens (including phenoxy) is 2. The third-order valence-corrected chi connectivity index (χ3v) is 8.72. The van der Waals surface area contributed by atoms with E-state index < -0.39 is 24.1 Å². The Bertz CT molecular complexity index is 1430. The minimum Gasteiger partial charge on any atom is -0.459 e. The monoisotopic (exact) mass is 654 g/mol. The van der Waals surface area contributed by atoms with E-state index in [-0.39, 0.29) is 30.9 Å². The maximum atomic E-state index is 14.0. The van der Waals surface area contributed by atoms with Crippen LogP contribution in [0.25, 0.3) is 0 Å². The largest absolute Gasteiger partial charge is 0.459 e. The van der Waals surface area contributed by atoms with Gasteiger partial charge in [-0.1, -0.05) is 118 Å². The smallest absolute Gasteiger partial charge is 0.329 e. The Morgan fingerprint density at radius 2 is 1.40 bits per heavy atom. The van der Waals surface area contributed by atoms with Crippen molar-refractivity contribution in [1.29, 1.82) is 0 Å². The number of nitrogens with zero attached hydrogens (tertiary/aromatic N) is 1. The highest BCUT2D eigenvalue weighted by Gasteiger charge is 2.30. The Hall–Kier alpha value is -4.47. The van der Waals surface area contributed by atoms with Crippen molar-refractivity contribution in [2.75, 3.05) is 32.8 Å². The van der Waals surface area contributed by atoms with E-state index in [0.717, 1.165) is 23.1 Å². The van der Waals surface area contributed by atoms with Crippen LogP contribution in [0.5, 0.6) is 0 Å². The number of nitrogens with one attached hydrogen (secondary N) is 3. The number of morpholine rings is 1. The van der Waals surface area contributed by atoms with Gasteiger partial charge < -0.3 is 25.4 Å². The van der Waals surface area contributed by atoms with Crippen LogP contribution in [0.2, 0.25) is 0 Å². The number of aryl methyl sites for hydroxylation is 1. The fourth-order valence-electron chi connectivity index (χ4n) is 5.68. The van der Waals surface area contributed by atoms with Crippen LogP contribution in [0.3, 0.4) is 0 Å². The molecule has 9 nitrogen and oxygen atoms in total. The third-order valence-electron chi connectivity index (χ3n) is 8.72. The Labute approximate surface area is 285 Å². The zero-order valence-corrected chi connectivity index (χ0v) is 28.2. The van der Waals surface area contributed by atoms with E-state index >= 15 is 0 Å². The molecule has 1 aliphatic rings. The number of amides is 2. The van der Waals surface area contributed by atoms with Gasteiger partial charge >= 0.3 is 5.97 Å². The van der Waals surface area contributed by atoms with E-state index in [4.69, 9.17) is 9.47 Å². The Morgan fingerprint density at radius 1 is 0.812 bits per heavy atom. The van der Waals surface area contributed by atoms with Crippen molar-refractivity contribution in [3.63, 3.8) is 0 Å². The SMILES string of the molecule is C=C(N[C@@H](Cc1ccccc1)C(=O)OCc1ccccc1)[C@@H](NC(=O)[C@H](CCc1ccccc1)NC(=O)CN1CCOCC1)C(C)CC. The summed E-state index contributed by atoms with van der Waals surface area (Å²) in [6.45, 7) is 11.3. The molecule has 0 aliphatic carbocycles. The standard InChI is InChI=1S/C39H50N4O5/c1-4-29(2)37(30(3)40-35(26-32-16-10-6-11-17-32)39(46)48-28-33-18-12-7-13-19-33)42-38(45)34(21-20-31-14-8-5-9-15-31)41-36(44)27-43-22-24-47-25-23-43/h5-19,29,34-35,37,40H,3-4,20-28H2,1-2H3,(H,41,44)(H,42,45)/t29?,34-,35-,37-/m0/s1. The van der Waals surface area contributed by atoms with Crippen LogP contribution < -0.4 is 16.0 Å². The van der Waals surface area contributed by atoms with Gasteiger partial charge in [-0.25, -0.2) is 4.79 Å². The van der Waals surface area contributed by atoms with Crippen molar-refractivity contribution in [2.24, 2.45) is 5.92 Å². The second kappa shape index (κ2) is 19.4. The summed E-state index contributed by atoms with van der Waals surface area (Å²) in [4.78, 5) is 42.6. The number of carbonyl (C=O) groups excluding carboxylic acids is 3. The van der Waals surface area contributed by atoms with Gasteiger partial charge in [-0.05, 0) is 35.4 Å². The molecule has 1 fully saturated rings. The minimum atomic E-state index is -0.756. The fraction of sp³-hybridized carbons (Fsp3) is 0.410. The summed E-state index contributed by atoms with van der Waals surface area (Å²) in [7, 11) is 0. The van der Waals surface area contributed by atoms with Crippen LogP contribution >= 0.6 is 0 Å². The molecule has 3 aromatic rings. The van der Waals surface area contributed by atoms with E-state index in [1.165, 1.54) is 0 Å². The lowest BCUT2D eigenvalue weighted by Gasteiger charge is -2.32. The first-order valence-electron chi connectivity index (χ1n) is 17.0. The van der Waals surface area contributed by atoms with Crippen LogP contribution in [0.15, 0.2) is 103 Å². The van der Waals surface area contributed by atoms with Gasteiger partial charge in [0.25, 0.3) is 0 Å². The summed E-state index contributed by atoms with van der Waals surface area (Å²) < 4.78 is 11.2. The highest BCUT2D eigenvalue weighted by atomic mass is 16.5. The first-order chi connectivity index (χ1) is 23.3. The molecule has 4 atom stereocenters. The summed E-state index contributed by atoms with van der Waals surface area (Å²) in [5.74, 6) is -0.910. The van der Waals surface area contributed by atoms with Crippen molar-refractivity contribution < 1.29 is 23.9 Å². The van der Waals surface area contributed by atoms with Gasteiger partial charge in [-0.2, -0.15) is 0 Å². The molecule has 256 valence electrons. The van der Waals surface area contributed by atoms with Gasteiger partial charge in [0, 0.05) is 25.2 Å². The zero-order chi connectivity index (χ0) is 34.1. The lowest BCUT2D eigenvalue weighted by Crippen LogP contribution is -2.55. The van der Waals surface area contributed by atoms with E-state index in [9.17, 15) is 14.4 Å². The van der Waals surface area contributed by atoms with E-state index in [1.807, 2.05) is 110 Å². The fourth-order valence-corrected chi connectivity index (χ4v) is 5.68. The molecule has 0 spiro atoms. The molecule has 2 amide bonds. The molecule has 0 saturated carbocycles. The predicted molar refractivity (Wildman–Crippen MR) is 188 cm³/mol. The molecule has 1 aliphatic heterocycles. The topological polar surface area (TPSA) is 109 Å². The molecule has 0 aromatic heterocycles. The third kappa shape index (κ3) is 12.0. The highest BCUT2D eigenvalue weighted by Crippen LogP contribution is 2.17. The summed E-state index contributed by atoms with van der Waals surface area (Å²) in [6, 6.07) is 27.2. The maximum absolute atomic E-state index is 14.0. The van der Waals surface area contributed by atoms with E-state index in [0.29, 0.717) is 51.3 Å². The van der Waals surface area contributed by atoms with Gasteiger partial charge in [-0.15, -0.1) is 0 Å². The molecule has 3 aromatic carbocycles.